The number of H-pyrrole nitrogens is 1. The predicted molar refractivity (Wildman–Crippen MR) is 112 cm³/mol. The minimum absolute atomic E-state index is 0.0257. The van der Waals surface area contributed by atoms with Crippen LogP contribution in [0.3, 0.4) is 0 Å². The number of methoxy groups -OCH3 is 1. The zero-order chi connectivity index (χ0) is 24.9. The van der Waals surface area contributed by atoms with Crippen LogP contribution < -0.4 is 10.2 Å². The number of alkyl halides is 3. The number of nitrogens with zero attached hydrogens (tertiary/aromatic N) is 1. The molecular formula is C23H27F5N2O3. The van der Waals surface area contributed by atoms with Gasteiger partial charge < -0.3 is 19.4 Å². The number of hydrogen-bond donors (Lipinski definition) is 1. The van der Waals surface area contributed by atoms with E-state index in [-0.39, 0.29) is 16.7 Å². The molecular weight excluding hydrogens is 447 g/mol. The van der Waals surface area contributed by atoms with Crippen molar-refractivity contribution in [2.24, 2.45) is 5.92 Å². The van der Waals surface area contributed by atoms with Gasteiger partial charge in [0.15, 0.2) is 22.6 Å². The summed E-state index contributed by atoms with van der Waals surface area (Å²) in [4.78, 5) is 17.6. The van der Waals surface area contributed by atoms with Gasteiger partial charge in [-0.1, -0.05) is 13.0 Å². The number of pyridine rings is 1. The van der Waals surface area contributed by atoms with Crippen LogP contribution in [0.2, 0.25) is 0 Å². The lowest BCUT2D eigenvalue weighted by molar-refractivity contribution is -0.275. The fraction of sp³-hybridized carbons (Fsp3) is 0.522. The fourth-order valence-electron chi connectivity index (χ4n) is 4.49. The number of aromatic amines is 1. The Morgan fingerprint density at radius 1 is 1.24 bits per heavy atom. The minimum Gasteiger partial charge on any atom is -0.493 e. The standard InChI is InChI=1S/C23H27F5N2O3/c1-11-18(13-7-8-15(24)19(25)20(13)32-6)21(33-22(11,3)23(26,27)28)16-9-17(31)14(10-30(4)5)12(2)29-16/h7-9,11,18,21H,10H2,1-6H3,(H,29,31)/t11-,18-,21-,22+/m0/s1. The molecule has 0 radical (unpaired) electrons. The third kappa shape index (κ3) is 4.26. The van der Waals surface area contributed by atoms with Gasteiger partial charge in [-0.05, 0) is 34.0 Å². The SMILES string of the molecule is COc1c([C@H]2[C@H](c3cc(=O)c(CN(C)C)c(C)[nH]3)O[C@@](C)(C(F)(F)F)[C@H]2C)ccc(F)c1F. The van der Waals surface area contributed by atoms with Crippen molar-refractivity contribution in [3.8, 4) is 5.75 Å². The maximum Gasteiger partial charge on any atom is 0.417 e. The molecule has 1 aromatic carbocycles. The van der Waals surface area contributed by atoms with Crippen LogP contribution in [0.15, 0.2) is 23.0 Å². The van der Waals surface area contributed by atoms with Gasteiger partial charge in [-0.25, -0.2) is 4.39 Å². The maximum absolute atomic E-state index is 14.5. The molecule has 1 aliphatic rings. The fourth-order valence-corrected chi connectivity index (χ4v) is 4.49. The second-order valence-electron chi connectivity index (χ2n) is 8.87. The number of nitrogens with one attached hydrogen (secondary N) is 1. The van der Waals surface area contributed by atoms with E-state index >= 15 is 0 Å². The summed E-state index contributed by atoms with van der Waals surface area (Å²) in [6.45, 7) is 4.24. The van der Waals surface area contributed by atoms with Crippen LogP contribution in [-0.4, -0.2) is 42.9 Å². The molecule has 1 aliphatic heterocycles. The van der Waals surface area contributed by atoms with Crippen LogP contribution in [-0.2, 0) is 11.3 Å². The van der Waals surface area contributed by atoms with E-state index in [0.717, 1.165) is 20.1 Å². The number of hydrogen-bond acceptors (Lipinski definition) is 4. The molecule has 2 heterocycles. The van der Waals surface area contributed by atoms with E-state index in [1.54, 1.807) is 25.9 Å². The Hall–Kier alpha value is -2.46. The van der Waals surface area contributed by atoms with Gasteiger partial charge in [-0.3, -0.25) is 4.79 Å². The molecule has 0 spiro atoms. The molecule has 4 atom stereocenters. The average Bonchev–Trinajstić information content (AvgIpc) is 2.98. The lowest BCUT2D eigenvalue weighted by Gasteiger charge is -2.32. The van der Waals surface area contributed by atoms with Crippen molar-refractivity contribution in [1.29, 1.82) is 0 Å². The van der Waals surface area contributed by atoms with E-state index in [0.29, 0.717) is 17.8 Å². The predicted octanol–water partition coefficient (Wildman–Crippen LogP) is 4.84. The van der Waals surface area contributed by atoms with Crippen LogP contribution in [0.4, 0.5) is 22.0 Å². The number of rotatable bonds is 5. The van der Waals surface area contributed by atoms with Crippen LogP contribution >= 0.6 is 0 Å². The molecule has 0 unspecified atom stereocenters. The van der Waals surface area contributed by atoms with Crippen molar-refractivity contribution < 1.29 is 31.4 Å². The lowest BCUT2D eigenvalue weighted by atomic mass is 9.76. The first kappa shape index (κ1) is 25.2. The quantitative estimate of drug-likeness (QED) is 0.630. The van der Waals surface area contributed by atoms with Gasteiger partial charge in [0.25, 0.3) is 0 Å². The van der Waals surface area contributed by atoms with Gasteiger partial charge in [0, 0.05) is 47.0 Å². The van der Waals surface area contributed by atoms with Crippen LogP contribution in [0, 0.1) is 24.5 Å². The Morgan fingerprint density at radius 3 is 2.39 bits per heavy atom. The van der Waals surface area contributed by atoms with E-state index in [1.165, 1.54) is 19.1 Å². The van der Waals surface area contributed by atoms with E-state index in [9.17, 15) is 26.7 Å². The number of ether oxygens (including phenoxy) is 2. The molecule has 33 heavy (non-hydrogen) atoms. The molecule has 1 N–H and O–H groups in total. The van der Waals surface area contributed by atoms with Crippen LogP contribution in [0.1, 0.15) is 48.4 Å². The van der Waals surface area contributed by atoms with Crippen molar-refractivity contribution in [3.05, 3.63) is 62.6 Å². The zero-order valence-corrected chi connectivity index (χ0v) is 19.2. The molecule has 1 fully saturated rings. The molecule has 3 rings (SSSR count). The molecule has 1 aromatic heterocycles. The summed E-state index contributed by atoms with van der Waals surface area (Å²) >= 11 is 0. The highest BCUT2D eigenvalue weighted by molar-refractivity contribution is 5.42. The Balaban J connectivity index is 2.23. The van der Waals surface area contributed by atoms with Gasteiger partial charge in [0.2, 0.25) is 5.82 Å². The molecule has 0 saturated carbocycles. The third-order valence-electron chi connectivity index (χ3n) is 6.46. The second kappa shape index (κ2) is 8.72. The largest absolute Gasteiger partial charge is 0.493 e. The molecule has 10 heteroatoms. The molecule has 0 aliphatic carbocycles. The van der Waals surface area contributed by atoms with E-state index in [1.807, 2.05) is 0 Å². The molecule has 0 amide bonds. The molecule has 0 bridgehead atoms. The minimum atomic E-state index is -4.76. The van der Waals surface area contributed by atoms with Crippen LogP contribution in [0.25, 0.3) is 0 Å². The normalized spacial score (nSPS) is 25.6. The number of halogens is 5. The Kier molecular flexibility index (Phi) is 6.65. The average molecular weight is 474 g/mol. The Bertz CT molecular complexity index is 1100. The maximum atomic E-state index is 14.5. The second-order valence-corrected chi connectivity index (χ2v) is 8.87. The van der Waals surface area contributed by atoms with Gasteiger partial charge in [-0.15, -0.1) is 0 Å². The van der Waals surface area contributed by atoms with E-state index in [4.69, 9.17) is 9.47 Å². The Labute approximate surface area is 188 Å². The summed E-state index contributed by atoms with van der Waals surface area (Å²) in [5.74, 6) is -5.28. The molecule has 182 valence electrons. The van der Waals surface area contributed by atoms with E-state index < -0.39 is 47.1 Å². The first-order valence-corrected chi connectivity index (χ1v) is 10.4. The summed E-state index contributed by atoms with van der Waals surface area (Å²) < 4.78 is 81.2. The summed E-state index contributed by atoms with van der Waals surface area (Å²) in [7, 11) is 4.69. The zero-order valence-electron chi connectivity index (χ0n) is 19.2. The lowest BCUT2D eigenvalue weighted by Crippen LogP contribution is -2.46. The summed E-state index contributed by atoms with van der Waals surface area (Å²) in [5.41, 5.74) is -1.86. The summed E-state index contributed by atoms with van der Waals surface area (Å²) in [6.07, 6.45) is -6.05. The summed E-state index contributed by atoms with van der Waals surface area (Å²) in [5, 5.41) is 0. The topological polar surface area (TPSA) is 54.6 Å². The number of benzene rings is 1. The van der Waals surface area contributed by atoms with Crippen molar-refractivity contribution >= 4 is 0 Å². The van der Waals surface area contributed by atoms with Gasteiger partial charge in [-0.2, -0.15) is 17.6 Å². The molecule has 5 nitrogen and oxygen atoms in total. The first-order valence-electron chi connectivity index (χ1n) is 10.4. The van der Waals surface area contributed by atoms with Crippen molar-refractivity contribution in [1.82, 2.24) is 9.88 Å². The van der Waals surface area contributed by atoms with Gasteiger partial charge >= 0.3 is 6.18 Å². The van der Waals surface area contributed by atoms with Gasteiger partial charge in [0.1, 0.15) is 6.10 Å². The monoisotopic (exact) mass is 474 g/mol. The third-order valence-corrected chi connectivity index (χ3v) is 6.46. The first-order chi connectivity index (χ1) is 15.2. The van der Waals surface area contributed by atoms with E-state index in [2.05, 4.69) is 4.98 Å². The number of aromatic nitrogens is 1. The van der Waals surface area contributed by atoms with Crippen molar-refractivity contribution in [2.75, 3.05) is 21.2 Å². The highest BCUT2D eigenvalue weighted by atomic mass is 19.4. The highest BCUT2D eigenvalue weighted by Crippen LogP contribution is 2.59. The highest BCUT2D eigenvalue weighted by Gasteiger charge is 2.65. The van der Waals surface area contributed by atoms with Gasteiger partial charge in [0.05, 0.1) is 7.11 Å². The van der Waals surface area contributed by atoms with Crippen molar-refractivity contribution in [3.63, 3.8) is 0 Å². The van der Waals surface area contributed by atoms with Crippen molar-refractivity contribution in [2.45, 2.75) is 51.1 Å². The summed E-state index contributed by atoms with van der Waals surface area (Å²) in [6, 6.07) is 3.25. The molecule has 2 aromatic rings. The van der Waals surface area contributed by atoms with Crippen LogP contribution in [0.5, 0.6) is 5.75 Å². The Morgan fingerprint density at radius 2 is 1.88 bits per heavy atom. The molecule has 1 saturated heterocycles. The smallest absolute Gasteiger partial charge is 0.417 e. The number of aryl methyl sites for hydroxylation is 1.